The van der Waals surface area contributed by atoms with Gasteiger partial charge in [-0.05, 0) is 20.5 Å². The predicted octanol–water partition coefficient (Wildman–Crippen LogP) is -0.668. The summed E-state index contributed by atoms with van der Waals surface area (Å²) < 4.78 is 24.9. The second-order valence-electron chi connectivity index (χ2n) is 3.51. The Hall–Kier alpha value is -0.660. The highest BCUT2D eigenvalue weighted by Gasteiger charge is 2.10. The van der Waals surface area contributed by atoms with Crippen LogP contribution >= 0.6 is 0 Å². The van der Waals surface area contributed by atoms with Crippen molar-refractivity contribution >= 4 is 16.0 Å². The zero-order valence-electron chi connectivity index (χ0n) is 9.06. The van der Waals surface area contributed by atoms with E-state index in [1.807, 2.05) is 19.0 Å². The van der Waals surface area contributed by atoms with Crippen LogP contribution in [-0.2, 0) is 14.8 Å². The van der Waals surface area contributed by atoms with Gasteiger partial charge >= 0.3 is 5.97 Å². The van der Waals surface area contributed by atoms with Gasteiger partial charge in [-0.3, -0.25) is 4.79 Å². The van der Waals surface area contributed by atoms with Crippen molar-refractivity contribution in [3.8, 4) is 0 Å². The van der Waals surface area contributed by atoms with Crippen LogP contribution in [0.1, 0.15) is 12.8 Å². The minimum absolute atomic E-state index is 0.116. The molecule has 15 heavy (non-hydrogen) atoms. The lowest BCUT2D eigenvalue weighted by Crippen LogP contribution is -2.33. The van der Waals surface area contributed by atoms with Gasteiger partial charge < -0.3 is 10.0 Å². The van der Waals surface area contributed by atoms with Crippen LogP contribution in [0.4, 0.5) is 0 Å². The zero-order valence-corrected chi connectivity index (χ0v) is 9.88. The van der Waals surface area contributed by atoms with Crippen molar-refractivity contribution < 1.29 is 18.3 Å². The number of nitrogens with zero attached hydrogens (tertiary/aromatic N) is 1. The summed E-state index contributed by atoms with van der Waals surface area (Å²) in [5.41, 5.74) is 0. The van der Waals surface area contributed by atoms with Gasteiger partial charge in [0.15, 0.2) is 0 Å². The van der Waals surface area contributed by atoms with Crippen LogP contribution in [0.15, 0.2) is 0 Å². The topological polar surface area (TPSA) is 86.7 Å². The van der Waals surface area contributed by atoms with E-state index in [-0.39, 0.29) is 18.6 Å². The molecule has 0 saturated carbocycles. The monoisotopic (exact) mass is 238 g/mol. The van der Waals surface area contributed by atoms with Crippen LogP contribution in [0.3, 0.4) is 0 Å². The van der Waals surface area contributed by atoms with Crippen molar-refractivity contribution in [2.75, 3.05) is 32.9 Å². The number of nitrogens with one attached hydrogen (secondary N) is 1. The lowest BCUT2D eigenvalue weighted by atomic mass is 10.3. The van der Waals surface area contributed by atoms with Gasteiger partial charge in [-0.1, -0.05) is 0 Å². The standard InChI is InChI=1S/C8H18N2O4S/c1-10(2)6-5-9-15(13,14)7-3-4-8(11)12/h9H,3-7H2,1-2H3,(H,11,12). The molecule has 0 aromatic carbocycles. The van der Waals surface area contributed by atoms with Crippen LogP contribution in [0.2, 0.25) is 0 Å². The van der Waals surface area contributed by atoms with E-state index in [0.29, 0.717) is 13.1 Å². The summed E-state index contributed by atoms with van der Waals surface area (Å²) in [6.45, 7) is 0.973. The molecule has 0 radical (unpaired) electrons. The Labute approximate surface area is 90.3 Å². The fourth-order valence-corrected chi connectivity index (χ4v) is 1.98. The molecule has 0 aliphatic carbocycles. The van der Waals surface area contributed by atoms with E-state index in [9.17, 15) is 13.2 Å². The van der Waals surface area contributed by atoms with Crippen molar-refractivity contribution in [2.45, 2.75) is 12.8 Å². The molecule has 0 aliphatic rings. The molecule has 0 aromatic rings. The molecule has 0 fully saturated rings. The van der Waals surface area contributed by atoms with Crippen molar-refractivity contribution in [3.63, 3.8) is 0 Å². The first-order valence-corrected chi connectivity index (χ1v) is 6.32. The molecule has 0 aromatic heterocycles. The van der Waals surface area contributed by atoms with E-state index in [2.05, 4.69) is 4.72 Å². The third-order valence-corrected chi connectivity index (χ3v) is 3.15. The average molecular weight is 238 g/mol. The van der Waals surface area contributed by atoms with Crippen LogP contribution in [0.25, 0.3) is 0 Å². The van der Waals surface area contributed by atoms with Gasteiger partial charge in [-0.15, -0.1) is 0 Å². The minimum Gasteiger partial charge on any atom is -0.481 e. The molecule has 0 amide bonds. The van der Waals surface area contributed by atoms with Crippen molar-refractivity contribution in [3.05, 3.63) is 0 Å². The number of carboxylic acid groups (broad SMARTS) is 1. The number of carbonyl (C=O) groups is 1. The van der Waals surface area contributed by atoms with Crippen molar-refractivity contribution in [2.24, 2.45) is 0 Å². The van der Waals surface area contributed by atoms with Gasteiger partial charge in [0.25, 0.3) is 0 Å². The van der Waals surface area contributed by atoms with Crippen LogP contribution in [0.5, 0.6) is 0 Å². The van der Waals surface area contributed by atoms with E-state index in [1.165, 1.54) is 0 Å². The molecule has 6 nitrogen and oxygen atoms in total. The summed E-state index contributed by atoms with van der Waals surface area (Å²) in [5, 5.41) is 8.34. The molecule has 0 spiro atoms. The molecule has 0 bridgehead atoms. The Morgan fingerprint density at radius 3 is 2.47 bits per heavy atom. The molecule has 7 heteroatoms. The lowest BCUT2D eigenvalue weighted by molar-refractivity contribution is -0.137. The fraction of sp³-hybridized carbons (Fsp3) is 0.875. The van der Waals surface area contributed by atoms with Crippen molar-refractivity contribution in [1.82, 2.24) is 9.62 Å². The molecular weight excluding hydrogens is 220 g/mol. The van der Waals surface area contributed by atoms with Gasteiger partial charge in [0.1, 0.15) is 0 Å². The Kier molecular flexibility index (Phi) is 6.46. The van der Waals surface area contributed by atoms with Crippen LogP contribution < -0.4 is 4.72 Å². The number of hydrogen-bond acceptors (Lipinski definition) is 4. The number of likely N-dealkylation sites (N-methyl/N-ethyl adjacent to an activating group) is 1. The molecule has 0 unspecified atom stereocenters. The first-order chi connectivity index (χ1) is 6.83. The predicted molar refractivity (Wildman–Crippen MR) is 57.2 cm³/mol. The third-order valence-electron chi connectivity index (χ3n) is 1.68. The Bertz CT molecular complexity index is 287. The Morgan fingerprint density at radius 1 is 1.40 bits per heavy atom. The van der Waals surface area contributed by atoms with E-state index in [0.717, 1.165) is 0 Å². The summed E-state index contributed by atoms with van der Waals surface area (Å²) in [5.74, 6) is -1.11. The van der Waals surface area contributed by atoms with Crippen molar-refractivity contribution in [1.29, 1.82) is 0 Å². The van der Waals surface area contributed by atoms with Gasteiger partial charge in [-0.25, -0.2) is 13.1 Å². The highest BCUT2D eigenvalue weighted by Crippen LogP contribution is 1.94. The smallest absolute Gasteiger partial charge is 0.303 e. The van der Waals surface area contributed by atoms with E-state index >= 15 is 0 Å². The second kappa shape index (κ2) is 6.76. The number of rotatable bonds is 8. The number of aliphatic carboxylic acids is 1. The van der Waals surface area contributed by atoms with E-state index in [1.54, 1.807) is 0 Å². The molecule has 2 N–H and O–H groups in total. The highest BCUT2D eigenvalue weighted by molar-refractivity contribution is 7.89. The summed E-state index contributed by atoms with van der Waals surface area (Å²) in [4.78, 5) is 12.0. The zero-order chi connectivity index (χ0) is 11.9. The number of hydrogen-bond donors (Lipinski definition) is 2. The highest BCUT2D eigenvalue weighted by atomic mass is 32.2. The fourth-order valence-electron chi connectivity index (χ4n) is 0.910. The first kappa shape index (κ1) is 14.3. The van der Waals surface area contributed by atoms with Gasteiger partial charge in [0.2, 0.25) is 10.0 Å². The molecule has 90 valence electrons. The minimum atomic E-state index is -3.31. The summed E-state index contributed by atoms with van der Waals surface area (Å²) in [7, 11) is 0.379. The maximum atomic E-state index is 11.3. The van der Waals surface area contributed by atoms with Crippen LogP contribution in [-0.4, -0.2) is 57.3 Å². The Balaban J connectivity index is 3.73. The second-order valence-corrected chi connectivity index (χ2v) is 5.44. The largest absolute Gasteiger partial charge is 0.481 e. The normalized spacial score (nSPS) is 11.9. The molecule has 0 rings (SSSR count). The maximum absolute atomic E-state index is 11.3. The Morgan fingerprint density at radius 2 is 2.00 bits per heavy atom. The molecule has 0 atom stereocenters. The quantitative estimate of drug-likeness (QED) is 0.586. The first-order valence-electron chi connectivity index (χ1n) is 4.67. The number of sulfonamides is 1. The average Bonchev–Trinajstić information content (AvgIpc) is 2.01. The molecule has 0 aliphatic heterocycles. The summed E-state index contributed by atoms with van der Waals surface area (Å²) >= 11 is 0. The summed E-state index contributed by atoms with van der Waals surface area (Å²) in [6, 6.07) is 0. The van der Waals surface area contributed by atoms with E-state index in [4.69, 9.17) is 5.11 Å². The SMILES string of the molecule is CN(C)CCNS(=O)(=O)CCCC(=O)O. The summed E-state index contributed by atoms with van der Waals surface area (Å²) in [6.07, 6.45) is 0.0290. The van der Waals surface area contributed by atoms with Gasteiger partial charge in [0.05, 0.1) is 5.75 Å². The number of carboxylic acids is 1. The molecule has 0 saturated heterocycles. The maximum Gasteiger partial charge on any atom is 0.303 e. The molecule has 0 heterocycles. The molecular formula is C8H18N2O4S. The van der Waals surface area contributed by atoms with Gasteiger partial charge in [0, 0.05) is 19.5 Å². The van der Waals surface area contributed by atoms with Crippen LogP contribution in [0, 0.1) is 0 Å². The lowest BCUT2D eigenvalue weighted by Gasteiger charge is -2.10. The third kappa shape index (κ3) is 9.64. The van der Waals surface area contributed by atoms with Gasteiger partial charge in [-0.2, -0.15) is 0 Å². The van der Waals surface area contributed by atoms with E-state index < -0.39 is 16.0 Å².